The highest BCUT2D eigenvalue weighted by molar-refractivity contribution is 6.01. The van der Waals surface area contributed by atoms with Gasteiger partial charge in [0.25, 0.3) is 5.91 Å². The van der Waals surface area contributed by atoms with Gasteiger partial charge >= 0.3 is 0 Å². The Morgan fingerprint density at radius 2 is 1.91 bits per heavy atom. The van der Waals surface area contributed by atoms with Gasteiger partial charge in [-0.15, -0.1) is 0 Å². The van der Waals surface area contributed by atoms with Crippen molar-refractivity contribution < 1.29 is 9.18 Å². The molecule has 1 amide bonds. The highest BCUT2D eigenvalue weighted by Crippen LogP contribution is 2.33. The van der Waals surface area contributed by atoms with Gasteiger partial charge in [0.15, 0.2) is 0 Å². The molecule has 2 saturated heterocycles. The summed E-state index contributed by atoms with van der Waals surface area (Å²) in [7, 11) is 0. The van der Waals surface area contributed by atoms with Crippen LogP contribution in [0.4, 0.5) is 16.0 Å². The fourth-order valence-corrected chi connectivity index (χ4v) is 4.90. The van der Waals surface area contributed by atoms with Crippen molar-refractivity contribution in [1.82, 2.24) is 24.4 Å². The van der Waals surface area contributed by atoms with Crippen molar-refractivity contribution in [3.63, 3.8) is 0 Å². The highest BCUT2D eigenvalue weighted by Gasteiger charge is 2.29. The molecule has 0 unspecified atom stereocenters. The molecule has 2 aliphatic heterocycles. The lowest BCUT2D eigenvalue weighted by Crippen LogP contribution is -2.39. The Bertz CT molecular complexity index is 1230. The number of imidazole rings is 1. The second kappa shape index (κ2) is 9.61. The van der Waals surface area contributed by atoms with Crippen molar-refractivity contribution in [2.45, 2.75) is 38.6 Å². The van der Waals surface area contributed by atoms with Gasteiger partial charge in [0.2, 0.25) is 0 Å². The first-order chi connectivity index (χ1) is 16.9. The lowest BCUT2D eigenvalue weighted by molar-refractivity contribution is 0.100. The van der Waals surface area contributed by atoms with Gasteiger partial charge in [-0.25, -0.2) is 19.3 Å². The van der Waals surface area contributed by atoms with Crippen LogP contribution < -0.4 is 16.4 Å². The summed E-state index contributed by atoms with van der Waals surface area (Å²) >= 11 is 0. The van der Waals surface area contributed by atoms with E-state index in [0.29, 0.717) is 24.5 Å². The monoisotopic (exact) mass is 478 g/mol. The fourth-order valence-electron chi connectivity index (χ4n) is 4.90. The molecule has 0 spiro atoms. The molecule has 10 heteroatoms. The molecule has 9 nitrogen and oxygen atoms in total. The number of hydrogen-bond acceptors (Lipinski definition) is 7. The Kier molecular flexibility index (Phi) is 6.38. The van der Waals surface area contributed by atoms with E-state index in [9.17, 15) is 9.18 Å². The molecule has 2 aliphatic rings. The predicted molar refractivity (Wildman–Crippen MR) is 133 cm³/mol. The minimum Gasteiger partial charge on any atom is -0.383 e. The van der Waals surface area contributed by atoms with E-state index >= 15 is 0 Å². The third-order valence-corrected chi connectivity index (χ3v) is 7.14. The Morgan fingerprint density at radius 3 is 2.57 bits per heavy atom. The van der Waals surface area contributed by atoms with Crippen LogP contribution in [0.3, 0.4) is 0 Å². The predicted octanol–water partition coefficient (Wildman–Crippen LogP) is 2.56. The van der Waals surface area contributed by atoms with Gasteiger partial charge in [0, 0.05) is 43.9 Å². The quantitative estimate of drug-likeness (QED) is 0.536. The number of anilines is 2. The summed E-state index contributed by atoms with van der Waals surface area (Å²) in [6.07, 6.45) is 6.35. The van der Waals surface area contributed by atoms with Crippen LogP contribution in [0, 0.1) is 12.7 Å². The van der Waals surface area contributed by atoms with Gasteiger partial charge in [-0.2, -0.15) is 0 Å². The Morgan fingerprint density at radius 1 is 1.14 bits per heavy atom. The zero-order valence-corrected chi connectivity index (χ0v) is 20.0. The second-order valence-electron chi connectivity index (χ2n) is 9.42. The number of nitrogens with two attached hydrogens (primary N) is 2. The number of aryl methyl sites for hydroxylation is 1. The number of benzene rings is 1. The summed E-state index contributed by atoms with van der Waals surface area (Å²) in [5.41, 5.74) is 13.8. The third kappa shape index (κ3) is 4.70. The number of carbonyl (C=O) groups excluding carboxylic acids is 1. The maximum absolute atomic E-state index is 14.3. The van der Waals surface area contributed by atoms with Crippen LogP contribution in [0.2, 0.25) is 0 Å². The van der Waals surface area contributed by atoms with Crippen LogP contribution in [-0.4, -0.2) is 63.0 Å². The van der Waals surface area contributed by atoms with E-state index in [2.05, 4.69) is 25.6 Å². The van der Waals surface area contributed by atoms with Crippen molar-refractivity contribution in [1.29, 1.82) is 0 Å². The van der Waals surface area contributed by atoms with Crippen molar-refractivity contribution in [2.75, 3.05) is 43.4 Å². The number of amides is 1. The van der Waals surface area contributed by atoms with Crippen molar-refractivity contribution in [3.8, 4) is 11.3 Å². The highest BCUT2D eigenvalue weighted by atomic mass is 19.1. The van der Waals surface area contributed by atoms with Crippen LogP contribution in [0.15, 0.2) is 30.7 Å². The molecule has 2 fully saturated rings. The summed E-state index contributed by atoms with van der Waals surface area (Å²) in [6, 6.07) is 5.29. The first-order valence-corrected chi connectivity index (χ1v) is 12.1. The van der Waals surface area contributed by atoms with E-state index in [0.717, 1.165) is 56.1 Å². The maximum atomic E-state index is 14.3. The number of halogens is 1. The number of primary amides is 1. The lowest BCUT2D eigenvalue weighted by atomic mass is 9.95. The van der Waals surface area contributed by atoms with Crippen molar-refractivity contribution >= 4 is 17.5 Å². The molecule has 35 heavy (non-hydrogen) atoms. The van der Waals surface area contributed by atoms with E-state index in [1.165, 1.54) is 12.7 Å². The molecule has 5 rings (SSSR count). The summed E-state index contributed by atoms with van der Waals surface area (Å²) in [5, 5.41) is 0. The van der Waals surface area contributed by atoms with Gasteiger partial charge in [0.05, 0.1) is 5.69 Å². The Labute approximate surface area is 204 Å². The Balaban J connectivity index is 1.38. The SMILES string of the molecule is Cc1ccc(-c2cn(CCN3CCC3)c(C3CCN(c4ncnc(N)c4C(N)=O)CC3)n2)cc1F. The molecular formula is C25H31FN8O. The molecule has 0 aliphatic carbocycles. The van der Waals surface area contributed by atoms with Gasteiger partial charge < -0.3 is 25.8 Å². The van der Waals surface area contributed by atoms with E-state index in [4.69, 9.17) is 16.5 Å². The minimum absolute atomic E-state index is 0.0983. The number of piperidine rings is 1. The van der Waals surface area contributed by atoms with Gasteiger partial charge in [-0.1, -0.05) is 12.1 Å². The molecule has 3 aromatic rings. The number of rotatable bonds is 7. The van der Waals surface area contributed by atoms with Crippen LogP contribution in [0.1, 0.15) is 46.9 Å². The smallest absolute Gasteiger partial charge is 0.256 e. The third-order valence-electron chi connectivity index (χ3n) is 7.14. The van der Waals surface area contributed by atoms with Crippen molar-refractivity contribution in [3.05, 3.63) is 53.5 Å². The molecule has 2 aromatic heterocycles. The average Bonchev–Trinajstić information content (AvgIpc) is 3.24. The number of nitrogens with zero attached hydrogens (tertiary/aromatic N) is 6. The summed E-state index contributed by atoms with van der Waals surface area (Å²) in [4.78, 5) is 29.6. The van der Waals surface area contributed by atoms with E-state index in [1.807, 2.05) is 11.0 Å². The summed E-state index contributed by atoms with van der Waals surface area (Å²) < 4.78 is 16.5. The number of carbonyl (C=O) groups is 1. The number of nitrogen functional groups attached to an aromatic ring is 1. The molecule has 1 aromatic carbocycles. The normalized spacial score (nSPS) is 16.9. The van der Waals surface area contributed by atoms with Crippen LogP contribution >= 0.6 is 0 Å². The minimum atomic E-state index is -0.628. The molecule has 0 radical (unpaired) electrons. The van der Waals surface area contributed by atoms with E-state index < -0.39 is 5.91 Å². The standard InChI is InChI=1S/C25H31FN8O/c1-16-3-4-18(13-19(16)26)20-14-34(12-11-32-7-2-8-32)24(31-20)17-5-9-33(10-6-17)25-21(23(28)35)22(27)29-15-30-25/h3-4,13-15,17H,2,5-12H2,1H3,(H2,28,35)(H2,27,29,30). The average molecular weight is 479 g/mol. The van der Waals surface area contributed by atoms with E-state index in [1.54, 1.807) is 19.1 Å². The number of likely N-dealkylation sites (tertiary alicyclic amines) is 1. The number of hydrogen-bond donors (Lipinski definition) is 2. The largest absolute Gasteiger partial charge is 0.383 e. The second-order valence-corrected chi connectivity index (χ2v) is 9.42. The topological polar surface area (TPSA) is 119 Å². The van der Waals surface area contributed by atoms with Gasteiger partial charge in [0.1, 0.15) is 35.2 Å². The summed E-state index contributed by atoms with van der Waals surface area (Å²) in [6.45, 7) is 7.26. The number of aromatic nitrogens is 4. The van der Waals surface area contributed by atoms with Crippen LogP contribution in [0.5, 0.6) is 0 Å². The zero-order chi connectivity index (χ0) is 24.5. The first-order valence-electron chi connectivity index (χ1n) is 12.1. The van der Waals surface area contributed by atoms with Gasteiger partial charge in [-0.05, 0) is 50.9 Å². The lowest BCUT2D eigenvalue weighted by Gasteiger charge is -2.34. The van der Waals surface area contributed by atoms with Crippen LogP contribution in [-0.2, 0) is 6.54 Å². The molecule has 0 saturated carbocycles. The molecule has 4 N–H and O–H groups in total. The van der Waals surface area contributed by atoms with E-state index in [-0.39, 0.29) is 23.1 Å². The van der Waals surface area contributed by atoms with Gasteiger partial charge in [-0.3, -0.25) is 4.79 Å². The molecule has 0 bridgehead atoms. The van der Waals surface area contributed by atoms with Crippen LogP contribution in [0.25, 0.3) is 11.3 Å². The zero-order valence-electron chi connectivity index (χ0n) is 20.0. The molecule has 0 atom stereocenters. The molecule has 184 valence electrons. The fraction of sp³-hybridized carbons (Fsp3) is 0.440. The maximum Gasteiger partial charge on any atom is 0.256 e. The first kappa shape index (κ1) is 23.2. The Hall–Kier alpha value is -3.53. The summed E-state index contributed by atoms with van der Waals surface area (Å²) in [5.74, 6) is 1.00. The molecular weight excluding hydrogens is 447 g/mol. The molecule has 4 heterocycles. The van der Waals surface area contributed by atoms with Crippen molar-refractivity contribution in [2.24, 2.45) is 5.73 Å².